The second kappa shape index (κ2) is 7.07. The second-order valence-corrected chi connectivity index (χ2v) is 5.83. The van der Waals surface area contributed by atoms with Crippen LogP contribution in [0.3, 0.4) is 0 Å². The maximum absolute atomic E-state index is 12.6. The molecule has 0 aliphatic carbocycles. The summed E-state index contributed by atoms with van der Waals surface area (Å²) in [5.41, 5.74) is 1.76. The molecule has 1 aromatic heterocycles. The fraction of sp³-hybridized carbons (Fsp3) is 0.0556. The Labute approximate surface area is 139 Å². The molecule has 2 aromatic rings. The van der Waals surface area contributed by atoms with Crippen LogP contribution in [0.25, 0.3) is 6.08 Å². The SMILES string of the molecule is C=CCN1C(=O)/C(=C\c2ccncc2)SC1=Nc1ccccc1. The van der Waals surface area contributed by atoms with Crippen LogP contribution in [0.15, 0.2) is 77.4 Å². The van der Waals surface area contributed by atoms with Crippen LogP contribution in [0.4, 0.5) is 5.69 Å². The molecular formula is C18H15N3OS. The Kier molecular flexibility index (Phi) is 4.68. The number of para-hydroxylation sites is 1. The van der Waals surface area contributed by atoms with Crippen molar-refractivity contribution in [2.45, 2.75) is 0 Å². The van der Waals surface area contributed by atoms with E-state index in [0.717, 1.165) is 11.3 Å². The van der Waals surface area contributed by atoms with Gasteiger partial charge in [-0.15, -0.1) is 6.58 Å². The van der Waals surface area contributed by atoms with Crippen LogP contribution in [-0.2, 0) is 4.79 Å². The Bertz CT molecular complexity index is 769. The third-order valence-electron chi connectivity index (χ3n) is 3.18. The molecule has 0 unspecified atom stereocenters. The number of carbonyl (C=O) groups excluding carboxylic acids is 1. The van der Waals surface area contributed by atoms with Gasteiger partial charge in [-0.3, -0.25) is 14.7 Å². The summed E-state index contributed by atoms with van der Waals surface area (Å²) in [6.45, 7) is 4.16. The van der Waals surface area contributed by atoms with Crippen LogP contribution in [0.2, 0.25) is 0 Å². The molecule has 23 heavy (non-hydrogen) atoms. The van der Waals surface area contributed by atoms with Crippen LogP contribution >= 0.6 is 11.8 Å². The van der Waals surface area contributed by atoms with Gasteiger partial charge < -0.3 is 0 Å². The van der Waals surface area contributed by atoms with E-state index in [2.05, 4.69) is 16.6 Å². The number of hydrogen-bond donors (Lipinski definition) is 0. The molecule has 1 saturated heterocycles. The van der Waals surface area contributed by atoms with Gasteiger partial charge in [0.05, 0.1) is 10.6 Å². The quantitative estimate of drug-likeness (QED) is 0.634. The number of benzene rings is 1. The van der Waals surface area contributed by atoms with Crippen LogP contribution < -0.4 is 0 Å². The van der Waals surface area contributed by atoms with Gasteiger partial charge in [-0.2, -0.15) is 0 Å². The Morgan fingerprint density at radius 1 is 1.17 bits per heavy atom. The van der Waals surface area contributed by atoms with Crippen molar-refractivity contribution in [2.24, 2.45) is 4.99 Å². The van der Waals surface area contributed by atoms with Gasteiger partial charge in [0.15, 0.2) is 5.17 Å². The zero-order valence-electron chi connectivity index (χ0n) is 12.4. The maximum Gasteiger partial charge on any atom is 0.267 e. The average molecular weight is 321 g/mol. The number of pyridine rings is 1. The predicted molar refractivity (Wildman–Crippen MR) is 95.3 cm³/mol. The Hall–Kier alpha value is -2.66. The van der Waals surface area contributed by atoms with Gasteiger partial charge in [0, 0.05) is 18.9 Å². The molecule has 114 valence electrons. The van der Waals surface area contributed by atoms with Crippen molar-refractivity contribution in [3.63, 3.8) is 0 Å². The number of thioether (sulfide) groups is 1. The number of amidine groups is 1. The largest absolute Gasteiger partial charge is 0.283 e. The fourth-order valence-corrected chi connectivity index (χ4v) is 3.11. The first kappa shape index (κ1) is 15.2. The number of amides is 1. The molecule has 0 atom stereocenters. The van der Waals surface area contributed by atoms with Crippen LogP contribution in [0, 0.1) is 0 Å². The molecule has 0 spiro atoms. The molecule has 0 saturated carbocycles. The lowest BCUT2D eigenvalue weighted by Gasteiger charge is -2.12. The van der Waals surface area contributed by atoms with Crippen molar-refractivity contribution >= 4 is 34.6 Å². The summed E-state index contributed by atoms with van der Waals surface area (Å²) in [7, 11) is 0. The lowest BCUT2D eigenvalue weighted by molar-refractivity contribution is -0.121. The van der Waals surface area contributed by atoms with Crippen molar-refractivity contribution in [3.8, 4) is 0 Å². The molecule has 4 nitrogen and oxygen atoms in total. The van der Waals surface area contributed by atoms with E-state index in [0.29, 0.717) is 16.6 Å². The first-order chi connectivity index (χ1) is 11.3. The van der Waals surface area contributed by atoms with E-state index >= 15 is 0 Å². The first-order valence-electron chi connectivity index (χ1n) is 7.14. The van der Waals surface area contributed by atoms with Crippen LogP contribution in [0.5, 0.6) is 0 Å². The molecule has 2 heterocycles. The van der Waals surface area contributed by atoms with Crippen LogP contribution in [0.1, 0.15) is 5.56 Å². The second-order valence-electron chi connectivity index (χ2n) is 4.83. The standard InChI is InChI=1S/C18H15N3OS/c1-2-12-21-17(22)16(13-14-8-10-19-11-9-14)23-18(21)20-15-6-4-3-5-7-15/h2-11,13H,1,12H2/b16-13+,20-18?. The molecule has 1 fully saturated rings. The third-order valence-corrected chi connectivity index (χ3v) is 4.19. The average Bonchev–Trinajstić information content (AvgIpc) is 2.86. The van der Waals surface area contributed by atoms with Gasteiger partial charge in [0.2, 0.25) is 0 Å². The first-order valence-corrected chi connectivity index (χ1v) is 7.95. The summed E-state index contributed by atoms with van der Waals surface area (Å²) in [5, 5.41) is 0.668. The zero-order chi connectivity index (χ0) is 16.1. The zero-order valence-corrected chi connectivity index (χ0v) is 13.2. The predicted octanol–water partition coefficient (Wildman–Crippen LogP) is 3.87. The highest BCUT2D eigenvalue weighted by atomic mass is 32.2. The highest BCUT2D eigenvalue weighted by molar-refractivity contribution is 8.18. The minimum absolute atomic E-state index is 0.0543. The summed E-state index contributed by atoms with van der Waals surface area (Å²) >= 11 is 1.38. The Morgan fingerprint density at radius 3 is 2.61 bits per heavy atom. The number of aromatic nitrogens is 1. The highest BCUT2D eigenvalue weighted by Gasteiger charge is 2.32. The Morgan fingerprint density at radius 2 is 1.91 bits per heavy atom. The van der Waals surface area contributed by atoms with E-state index in [4.69, 9.17) is 0 Å². The molecular weight excluding hydrogens is 306 g/mol. The van der Waals surface area contributed by atoms with Gasteiger partial charge in [-0.05, 0) is 47.7 Å². The van der Waals surface area contributed by atoms with Crippen molar-refractivity contribution in [2.75, 3.05) is 6.54 Å². The number of rotatable bonds is 4. The third kappa shape index (κ3) is 3.57. The van der Waals surface area contributed by atoms with Gasteiger partial charge in [-0.25, -0.2) is 4.99 Å². The molecule has 1 aromatic carbocycles. The number of nitrogens with zero attached hydrogens (tertiary/aromatic N) is 3. The van der Waals surface area contributed by atoms with Gasteiger partial charge >= 0.3 is 0 Å². The monoisotopic (exact) mass is 321 g/mol. The lowest BCUT2D eigenvalue weighted by Crippen LogP contribution is -2.29. The van der Waals surface area contributed by atoms with E-state index in [1.807, 2.05) is 48.5 Å². The Balaban J connectivity index is 1.94. The minimum Gasteiger partial charge on any atom is -0.283 e. The minimum atomic E-state index is -0.0543. The summed E-state index contributed by atoms with van der Waals surface area (Å²) in [6, 6.07) is 13.3. The summed E-state index contributed by atoms with van der Waals surface area (Å²) in [5.74, 6) is -0.0543. The van der Waals surface area contributed by atoms with Gasteiger partial charge in [0.1, 0.15) is 0 Å². The summed E-state index contributed by atoms with van der Waals surface area (Å²) < 4.78 is 0. The van der Waals surface area contributed by atoms with Gasteiger partial charge in [-0.1, -0.05) is 24.3 Å². The normalized spacial score (nSPS) is 17.9. The van der Waals surface area contributed by atoms with Crippen molar-refractivity contribution in [1.29, 1.82) is 0 Å². The molecule has 1 amide bonds. The van der Waals surface area contributed by atoms with Gasteiger partial charge in [0.25, 0.3) is 5.91 Å². The van der Waals surface area contributed by atoms with E-state index < -0.39 is 0 Å². The summed E-state index contributed by atoms with van der Waals surface area (Å²) in [4.78, 5) is 23.4. The van der Waals surface area contributed by atoms with Crippen molar-refractivity contribution in [3.05, 3.63) is 78.0 Å². The highest BCUT2D eigenvalue weighted by Crippen LogP contribution is 2.33. The summed E-state index contributed by atoms with van der Waals surface area (Å²) in [6.07, 6.45) is 6.97. The maximum atomic E-state index is 12.6. The molecule has 0 bridgehead atoms. The van der Waals surface area contributed by atoms with E-state index in [-0.39, 0.29) is 5.91 Å². The molecule has 0 radical (unpaired) electrons. The van der Waals surface area contributed by atoms with E-state index in [9.17, 15) is 4.79 Å². The lowest BCUT2D eigenvalue weighted by atomic mass is 10.2. The molecule has 5 heteroatoms. The number of aliphatic imine (C=N–C) groups is 1. The van der Waals surface area contributed by atoms with Crippen LogP contribution in [-0.4, -0.2) is 27.5 Å². The molecule has 3 rings (SSSR count). The van der Waals surface area contributed by atoms with E-state index in [1.54, 1.807) is 23.4 Å². The molecule has 1 aliphatic rings. The number of carbonyl (C=O) groups is 1. The topological polar surface area (TPSA) is 45.6 Å². The smallest absolute Gasteiger partial charge is 0.267 e. The number of hydrogen-bond acceptors (Lipinski definition) is 4. The molecule has 0 N–H and O–H groups in total. The molecule has 1 aliphatic heterocycles. The fourth-order valence-electron chi connectivity index (χ4n) is 2.11. The van der Waals surface area contributed by atoms with E-state index in [1.165, 1.54) is 11.8 Å². The van der Waals surface area contributed by atoms with Crippen molar-refractivity contribution < 1.29 is 4.79 Å². The van der Waals surface area contributed by atoms with Crippen molar-refractivity contribution in [1.82, 2.24) is 9.88 Å².